The summed E-state index contributed by atoms with van der Waals surface area (Å²) < 4.78 is 0. The summed E-state index contributed by atoms with van der Waals surface area (Å²) in [5.74, 6) is -0.0499. The van der Waals surface area contributed by atoms with Gasteiger partial charge in [0.15, 0.2) is 0 Å². The van der Waals surface area contributed by atoms with Gasteiger partial charge in [0.2, 0.25) is 5.91 Å². The molecule has 0 aromatic heterocycles. The molecule has 124 valence electrons. The van der Waals surface area contributed by atoms with Gasteiger partial charge in [0.1, 0.15) is 0 Å². The van der Waals surface area contributed by atoms with E-state index in [4.69, 9.17) is 0 Å². The van der Waals surface area contributed by atoms with Crippen molar-refractivity contribution in [2.24, 2.45) is 0 Å². The number of amides is 2. The van der Waals surface area contributed by atoms with E-state index < -0.39 is 0 Å². The van der Waals surface area contributed by atoms with Crippen LogP contribution in [0, 0.1) is 6.92 Å². The Morgan fingerprint density at radius 1 is 1.12 bits per heavy atom. The van der Waals surface area contributed by atoms with Crippen molar-refractivity contribution in [2.75, 3.05) is 11.4 Å². The highest BCUT2D eigenvalue weighted by Gasteiger charge is 2.23. The van der Waals surface area contributed by atoms with E-state index in [1.54, 1.807) is 17.9 Å². The van der Waals surface area contributed by atoms with Gasteiger partial charge in [0.05, 0.1) is 6.04 Å². The topological polar surface area (TPSA) is 49.4 Å². The molecule has 0 spiro atoms. The minimum Gasteiger partial charge on any atom is -0.346 e. The smallest absolute Gasteiger partial charge is 0.251 e. The molecular weight excluding hydrogens is 300 g/mol. The summed E-state index contributed by atoms with van der Waals surface area (Å²) in [6, 6.07) is 13.7. The zero-order valence-electron chi connectivity index (χ0n) is 14.3. The van der Waals surface area contributed by atoms with Gasteiger partial charge in [0.25, 0.3) is 5.91 Å². The molecule has 4 heteroatoms. The Bertz CT molecular complexity index is 781. The quantitative estimate of drug-likeness (QED) is 0.941. The number of hydrogen-bond donors (Lipinski definition) is 1. The fraction of sp³-hybridized carbons (Fsp3) is 0.300. The lowest BCUT2D eigenvalue weighted by Crippen LogP contribution is -2.27. The first-order chi connectivity index (χ1) is 11.5. The lowest BCUT2D eigenvalue weighted by Gasteiger charge is -2.16. The van der Waals surface area contributed by atoms with Crippen LogP contribution in [0.25, 0.3) is 0 Å². The summed E-state index contributed by atoms with van der Waals surface area (Å²) in [4.78, 5) is 25.9. The summed E-state index contributed by atoms with van der Waals surface area (Å²) >= 11 is 0. The van der Waals surface area contributed by atoms with E-state index in [-0.39, 0.29) is 17.9 Å². The Labute approximate surface area is 142 Å². The highest BCUT2D eigenvalue weighted by molar-refractivity contribution is 5.98. The van der Waals surface area contributed by atoms with Crippen LogP contribution in [0.4, 0.5) is 5.69 Å². The molecule has 0 aliphatic carbocycles. The van der Waals surface area contributed by atoms with Gasteiger partial charge in [-0.15, -0.1) is 0 Å². The zero-order chi connectivity index (χ0) is 17.3. The molecule has 1 aliphatic rings. The van der Waals surface area contributed by atoms with Crippen LogP contribution in [-0.4, -0.2) is 18.4 Å². The second kappa shape index (κ2) is 6.48. The van der Waals surface area contributed by atoms with E-state index in [2.05, 4.69) is 5.32 Å². The maximum atomic E-state index is 12.5. The van der Waals surface area contributed by atoms with E-state index >= 15 is 0 Å². The number of benzene rings is 2. The third-order valence-corrected chi connectivity index (χ3v) is 4.54. The Kier molecular flexibility index (Phi) is 4.38. The van der Waals surface area contributed by atoms with E-state index in [0.29, 0.717) is 12.1 Å². The second-order valence-corrected chi connectivity index (χ2v) is 6.37. The molecule has 1 N–H and O–H groups in total. The van der Waals surface area contributed by atoms with Crippen LogP contribution in [0.5, 0.6) is 0 Å². The molecule has 1 unspecified atom stereocenters. The first kappa shape index (κ1) is 16.2. The zero-order valence-corrected chi connectivity index (χ0v) is 14.3. The van der Waals surface area contributed by atoms with Gasteiger partial charge in [0, 0.05) is 24.7 Å². The predicted molar refractivity (Wildman–Crippen MR) is 95.2 cm³/mol. The number of carbonyl (C=O) groups is 2. The maximum Gasteiger partial charge on any atom is 0.251 e. The van der Waals surface area contributed by atoms with Crippen molar-refractivity contribution in [2.45, 2.75) is 33.2 Å². The average molecular weight is 322 g/mol. The van der Waals surface area contributed by atoms with Gasteiger partial charge in [-0.1, -0.05) is 29.8 Å². The van der Waals surface area contributed by atoms with E-state index in [9.17, 15) is 9.59 Å². The highest BCUT2D eigenvalue weighted by atomic mass is 16.2. The molecule has 0 radical (unpaired) electrons. The summed E-state index contributed by atoms with van der Waals surface area (Å²) in [5.41, 5.74) is 4.90. The Balaban J connectivity index is 1.74. The summed E-state index contributed by atoms with van der Waals surface area (Å²) in [6.45, 7) is 6.28. The van der Waals surface area contributed by atoms with Crippen LogP contribution in [0.1, 0.15) is 46.9 Å². The molecule has 3 rings (SSSR count). The fourth-order valence-electron chi connectivity index (χ4n) is 3.09. The van der Waals surface area contributed by atoms with Crippen molar-refractivity contribution in [1.29, 1.82) is 0 Å². The third-order valence-electron chi connectivity index (χ3n) is 4.54. The number of anilines is 1. The first-order valence-corrected chi connectivity index (χ1v) is 8.24. The molecule has 1 heterocycles. The van der Waals surface area contributed by atoms with Gasteiger partial charge in [-0.25, -0.2) is 0 Å². The number of aryl methyl sites for hydroxylation is 1. The molecule has 4 nitrogen and oxygen atoms in total. The van der Waals surface area contributed by atoms with Crippen molar-refractivity contribution >= 4 is 17.5 Å². The number of nitrogens with zero attached hydrogens (tertiary/aromatic N) is 1. The lowest BCUT2D eigenvalue weighted by molar-refractivity contribution is -0.116. The fourth-order valence-corrected chi connectivity index (χ4v) is 3.09. The van der Waals surface area contributed by atoms with Crippen molar-refractivity contribution in [1.82, 2.24) is 5.32 Å². The number of carbonyl (C=O) groups excluding carboxylic acids is 2. The summed E-state index contributed by atoms with van der Waals surface area (Å²) in [6.07, 6.45) is 0.795. The van der Waals surface area contributed by atoms with Crippen molar-refractivity contribution in [3.05, 3.63) is 64.7 Å². The molecule has 1 atom stereocenters. The Morgan fingerprint density at radius 2 is 1.83 bits per heavy atom. The van der Waals surface area contributed by atoms with Crippen LogP contribution in [-0.2, 0) is 11.2 Å². The molecule has 1 aliphatic heterocycles. The number of fused-ring (bicyclic) bond motifs is 1. The molecule has 0 bridgehead atoms. The largest absolute Gasteiger partial charge is 0.346 e. The van der Waals surface area contributed by atoms with Gasteiger partial charge < -0.3 is 10.2 Å². The molecule has 0 fully saturated rings. The molecule has 24 heavy (non-hydrogen) atoms. The van der Waals surface area contributed by atoms with E-state index in [1.165, 1.54) is 5.56 Å². The van der Waals surface area contributed by atoms with Crippen molar-refractivity contribution in [3.8, 4) is 0 Å². The van der Waals surface area contributed by atoms with Gasteiger partial charge in [-0.2, -0.15) is 0 Å². The average Bonchev–Trinajstić information content (AvgIpc) is 2.98. The molecule has 2 amide bonds. The lowest BCUT2D eigenvalue weighted by atomic mass is 10.0. The summed E-state index contributed by atoms with van der Waals surface area (Å²) in [7, 11) is 0. The van der Waals surface area contributed by atoms with Crippen LogP contribution >= 0.6 is 0 Å². The maximum absolute atomic E-state index is 12.5. The minimum absolute atomic E-state index is 0.0407. The third kappa shape index (κ3) is 3.18. The molecule has 0 saturated carbocycles. The first-order valence-electron chi connectivity index (χ1n) is 8.24. The van der Waals surface area contributed by atoms with Crippen molar-refractivity contribution < 1.29 is 9.59 Å². The number of hydrogen-bond acceptors (Lipinski definition) is 2. The molecular formula is C20H22N2O2. The predicted octanol–water partition coefficient (Wildman–Crippen LogP) is 3.40. The standard InChI is InChI=1S/C20H22N2O2/c1-13-4-6-16(7-5-13)14(2)21-20(24)18-8-9-19-17(12-18)10-11-22(19)15(3)23/h4-9,12,14H,10-11H2,1-3H3,(H,21,24). The van der Waals surface area contributed by atoms with E-state index in [0.717, 1.165) is 23.2 Å². The highest BCUT2D eigenvalue weighted by Crippen LogP contribution is 2.29. The van der Waals surface area contributed by atoms with Gasteiger partial charge >= 0.3 is 0 Å². The van der Waals surface area contributed by atoms with Crippen LogP contribution in [0.3, 0.4) is 0 Å². The van der Waals surface area contributed by atoms with Crippen LogP contribution < -0.4 is 10.2 Å². The number of rotatable bonds is 3. The van der Waals surface area contributed by atoms with Gasteiger partial charge in [-0.3, -0.25) is 9.59 Å². The van der Waals surface area contributed by atoms with Crippen LogP contribution in [0.2, 0.25) is 0 Å². The SMILES string of the molecule is CC(=O)N1CCc2cc(C(=O)NC(C)c3ccc(C)cc3)ccc21. The Hall–Kier alpha value is -2.62. The molecule has 0 saturated heterocycles. The van der Waals surface area contributed by atoms with Gasteiger partial charge in [-0.05, 0) is 49.6 Å². The second-order valence-electron chi connectivity index (χ2n) is 6.37. The minimum atomic E-state index is -0.0906. The normalized spacial score (nSPS) is 14.2. The molecule has 2 aromatic carbocycles. The van der Waals surface area contributed by atoms with E-state index in [1.807, 2.05) is 50.2 Å². The number of nitrogens with one attached hydrogen (secondary N) is 1. The summed E-state index contributed by atoms with van der Waals surface area (Å²) in [5, 5.41) is 3.04. The molecule has 2 aromatic rings. The monoisotopic (exact) mass is 322 g/mol. The van der Waals surface area contributed by atoms with Crippen molar-refractivity contribution in [3.63, 3.8) is 0 Å². The van der Waals surface area contributed by atoms with Crippen LogP contribution in [0.15, 0.2) is 42.5 Å². The Morgan fingerprint density at radius 3 is 2.50 bits per heavy atom.